The molecule has 0 spiro atoms. The lowest BCUT2D eigenvalue weighted by atomic mass is 10.0. The van der Waals surface area contributed by atoms with E-state index in [0.29, 0.717) is 0 Å². The van der Waals surface area contributed by atoms with Crippen molar-refractivity contribution in [3.63, 3.8) is 0 Å². The molecule has 0 rings (SSSR count). The van der Waals surface area contributed by atoms with E-state index in [1.807, 2.05) is 0 Å². The van der Waals surface area contributed by atoms with Crippen molar-refractivity contribution in [3.05, 3.63) is 0 Å². The molecule has 0 atom stereocenters. The molecular formula is C20H40O2. The molecule has 0 saturated heterocycles. The zero-order valence-corrected chi connectivity index (χ0v) is 15.0. The average molecular weight is 313 g/mol. The second kappa shape index (κ2) is 20.9. The Balaban J connectivity index is 2.91. The fourth-order valence-electron chi connectivity index (χ4n) is 3.03. The summed E-state index contributed by atoms with van der Waals surface area (Å²) in [7, 11) is 0. The van der Waals surface area contributed by atoms with Gasteiger partial charge in [-0.3, -0.25) is 0 Å². The molecule has 0 saturated carbocycles. The van der Waals surface area contributed by atoms with E-state index in [1.165, 1.54) is 89.9 Å². The molecule has 2 heteroatoms. The predicted octanol–water partition coefficient (Wildman–Crippen LogP) is 6.87. The summed E-state index contributed by atoms with van der Waals surface area (Å²) in [5, 5.41) is 20.6. The molecular weight excluding hydrogens is 272 g/mol. The molecule has 0 aromatic heterocycles. The van der Waals surface area contributed by atoms with Gasteiger partial charge in [-0.1, -0.05) is 103 Å². The van der Waals surface area contributed by atoms with E-state index in [4.69, 9.17) is 0 Å². The smallest absolute Gasteiger partial charge is 0.0822 e. The van der Waals surface area contributed by atoms with Gasteiger partial charge >= 0.3 is 0 Å². The van der Waals surface area contributed by atoms with Crippen LogP contribution in [0.1, 0.15) is 116 Å². The molecule has 22 heavy (non-hydrogen) atoms. The molecule has 0 heterocycles. The van der Waals surface area contributed by atoms with Crippen molar-refractivity contribution in [2.75, 3.05) is 13.2 Å². The first-order valence-electron chi connectivity index (χ1n) is 10.1. The topological polar surface area (TPSA) is 39.8 Å². The Labute approximate surface area is 139 Å². The van der Waals surface area contributed by atoms with Crippen molar-refractivity contribution in [2.45, 2.75) is 116 Å². The van der Waals surface area contributed by atoms with Crippen molar-refractivity contribution < 1.29 is 10.2 Å². The highest BCUT2D eigenvalue weighted by molar-refractivity contribution is 4.50. The van der Waals surface area contributed by atoms with E-state index in [9.17, 15) is 10.2 Å². The van der Waals surface area contributed by atoms with Gasteiger partial charge in [0.1, 0.15) is 0 Å². The maximum absolute atomic E-state index is 10.3. The van der Waals surface area contributed by atoms with Gasteiger partial charge in [-0.2, -0.15) is 0 Å². The van der Waals surface area contributed by atoms with Gasteiger partial charge < -0.3 is 0 Å². The van der Waals surface area contributed by atoms with Crippen LogP contribution >= 0.6 is 0 Å². The van der Waals surface area contributed by atoms with E-state index in [-0.39, 0.29) is 13.2 Å². The SMILES string of the molecule is [O]CCCCCCCCCCCCCCCCCCCC[O]. The van der Waals surface area contributed by atoms with Gasteiger partial charge in [0, 0.05) is 0 Å². The van der Waals surface area contributed by atoms with E-state index in [0.717, 1.165) is 25.7 Å². The zero-order valence-electron chi connectivity index (χ0n) is 15.0. The van der Waals surface area contributed by atoms with Crippen molar-refractivity contribution in [1.82, 2.24) is 0 Å². The van der Waals surface area contributed by atoms with Crippen molar-refractivity contribution in [2.24, 2.45) is 0 Å². The standard InChI is InChI=1S/C20H40O2/c21-19-17-15-13-11-9-7-5-3-1-2-4-6-8-10-12-14-16-18-20-22/h1-20H2. The third kappa shape index (κ3) is 19.9. The minimum absolute atomic E-state index is 0.113. The van der Waals surface area contributed by atoms with E-state index in [2.05, 4.69) is 0 Å². The second-order valence-corrected chi connectivity index (χ2v) is 6.77. The predicted molar refractivity (Wildman–Crippen MR) is 94.2 cm³/mol. The summed E-state index contributed by atoms with van der Waals surface area (Å²) in [6, 6.07) is 0. The Morgan fingerprint density at radius 2 is 0.364 bits per heavy atom. The fraction of sp³-hybridized carbons (Fsp3) is 1.00. The molecule has 0 aliphatic heterocycles. The summed E-state index contributed by atoms with van der Waals surface area (Å²) >= 11 is 0. The van der Waals surface area contributed by atoms with Gasteiger partial charge in [0.05, 0.1) is 13.2 Å². The van der Waals surface area contributed by atoms with Crippen LogP contribution in [0.4, 0.5) is 0 Å². The van der Waals surface area contributed by atoms with Gasteiger partial charge in [-0.05, 0) is 12.8 Å². The van der Waals surface area contributed by atoms with Crippen LogP contribution in [-0.2, 0) is 10.2 Å². The lowest BCUT2D eigenvalue weighted by molar-refractivity contribution is 0.185. The van der Waals surface area contributed by atoms with Crippen LogP contribution in [0, 0.1) is 0 Å². The lowest BCUT2D eigenvalue weighted by Crippen LogP contribution is -1.85. The van der Waals surface area contributed by atoms with Crippen LogP contribution in [0.2, 0.25) is 0 Å². The van der Waals surface area contributed by atoms with Crippen molar-refractivity contribution in [3.8, 4) is 0 Å². The van der Waals surface area contributed by atoms with Crippen molar-refractivity contribution >= 4 is 0 Å². The molecule has 0 bridgehead atoms. The summed E-state index contributed by atoms with van der Waals surface area (Å²) in [6.07, 6.45) is 23.2. The highest BCUT2D eigenvalue weighted by atomic mass is 16.3. The van der Waals surface area contributed by atoms with Gasteiger partial charge in [0.15, 0.2) is 0 Å². The van der Waals surface area contributed by atoms with Crippen LogP contribution in [0.15, 0.2) is 0 Å². The van der Waals surface area contributed by atoms with E-state index in [1.54, 1.807) is 0 Å². The fourth-order valence-corrected chi connectivity index (χ4v) is 3.03. The molecule has 2 nitrogen and oxygen atoms in total. The molecule has 0 N–H and O–H groups in total. The Bertz CT molecular complexity index is 163. The van der Waals surface area contributed by atoms with Crippen LogP contribution in [0.3, 0.4) is 0 Å². The van der Waals surface area contributed by atoms with Gasteiger partial charge in [0.2, 0.25) is 0 Å². The second-order valence-electron chi connectivity index (χ2n) is 6.77. The average Bonchev–Trinajstić information content (AvgIpc) is 2.54. The zero-order chi connectivity index (χ0) is 16.1. The first-order chi connectivity index (χ1) is 10.9. The van der Waals surface area contributed by atoms with Crippen LogP contribution in [0.5, 0.6) is 0 Å². The summed E-state index contributed by atoms with van der Waals surface area (Å²) in [5.41, 5.74) is 0. The van der Waals surface area contributed by atoms with Gasteiger partial charge in [-0.25, -0.2) is 10.2 Å². The molecule has 0 aliphatic carbocycles. The molecule has 0 fully saturated rings. The summed E-state index contributed by atoms with van der Waals surface area (Å²) < 4.78 is 0. The molecule has 0 aromatic rings. The first kappa shape index (κ1) is 21.9. The maximum Gasteiger partial charge on any atom is 0.0822 e. The monoisotopic (exact) mass is 312 g/mol. The maximum atomic E-state index is 10.3. The summed E-state index contributed by atoms with van der Waals surface area (Å²) in [4.78, 5) is 0. The Hall–Kier alpha value is -0.0800. The third-order valence-corrected chi connectivity index (χ3v) is 4.54. The van der Waals surface area contributed by atoms with E-state index >= 15 is 0 Å². The van der Waals surface area contributed by atoms with Crippen LogP contribution in [0.25, 0.3) is 0 Å². The third-order valence-electron chi connectivity index (χ3n) is 4.54. The minimum atomic E-state index is 0.113. The molecule has 0 unspecified atom stereocenters. The summed E-state index contributed by atoms with van der Waals surface area (Å²) in [6.45, 7) is 0.225. The quantitative estimate of drug-likeness (QED) is 0.233. The number of rotatable bonds is 19. The Morgan fingerprint density at radius 1 is 0.227 bits per heavy atom. The molecule has 0 aliphatic rings. The van der Waals surface area contributed by atoms with Gasteiger partial charge in [-0.15, -0.1) is 0 Å². The molecule has 0 amide bonds. The van der Waals surface area contributed by atoms with E-state index < -0.39 is 0 Å². The largest absolute Gasteiger partial charge is 0.237 e. The normalized spacial score (nSPS) is 11.2. The minimum Gasteiger partial charge on any atom is -0.237 e. The Morgan fingerprint density at radius 3 is 0.500 bits per heavy atom. The number of hydrogen-bond acceptors (Lipinski definition) is 0. The number of unbranched alkanes of at least 4 members (excludes halogenated alkanes) is 17. The van der Waals surface area contributed by atoms with Crippen LogP contribution < -0.4 is 0 Å². The number of hydrogen-bond donors (Lipinski definition) is 0. The van der Waals surface area contributed by atoms with Crippen molar-refractivity contribution in [1.29, 1.82) is 0 Å². The highest BCUT2D eigenvalue weighted by Gasteiger charge is 1.95. The van der Waals surface area contributed by atoms with Gasteiger partial charge in [0.25, 0.3) is 0 Å². The molecule has 2 radical (unpaired) electrons. The highest BCUT2D eigenvalue weighted by Crippen LogP contribution is 2.14. The Kier molecular flexibility index (Phi) is 20.8. The van der Waals surface area contributed by atoms with Crippen LogP contribution in [-0.4, -0.2) is 13.2 Å². The summed E-state index contributed by atoms with van der Waals surface area (Å²) in [5.74, 6) is 0. The molecule has 0 aromatic carbocycles. The first-order valence-corrected chi connectivity index (χ1v) is 10.1. The lowest BCUT2D eigenvalue weighted by Gasteiger charge is -2.03. The molecule has 132 valence electrons.